The number of nitrogens with one attached hydrogen (secondary N) is 1. The Balaban J connectivity index is 1.81. The average Bonchev–Trinajstić information content (AvgIpc) is 2.73. The van der Waals surface area contributed by atoms with Crippen LogP contribution in [0.2, 0.25) is 0 Å². The number of carboxylic acids is 1. The number of aryl methyl sites for hydroxylation is 2. The summed E-state index contributed by atoms with van der Waals surface area (Å²) in [5.41, 5.74) is 2.24. The number of ether oxygens (including phenoxy) is 1. The van der Waals surface area contributed by atoms with Gasteiger partial charge in [-0.05, 0) is 62.2 Å². The summed E-state index contributed by atoms with van der Waals surface area (Å²) in [5, 5.41) is 9.73. The van der Waals surface area contributed by atoms with Crippen LogP contribution in [0.25, 0.3) is 0 Å². The van der Waals surface area contributed by atoms with E-state index in [0.717, 1.165) is 11.1 Å². The Morgan fingerprint density at radius 2 is 1.66 bits per heavy atom. The number of carboxylic acid groups (broad SMARTS) is 1. The van der Waals surface area contributed by atoms with Crippen molar-refractivity contribution in [2.24, 2.45) is 0 Å². The lowest BCUT2D eigenvalue weighted by Crippen LogP contribution is -2.49. The molecule has 3 rings (SSSR count). The molecule has 0 saturated carbocycles. The molecule has 10 heteroatoms. The van der Waals surface area contributed by atoms with Gasteiger partial charge in [0.15, 0.2) is 0 Å². The Kier molecular flexibility index (Phi) is 6.93. The Morgan fingerprint density at radius 1 is 1.03 bits per heavy atom. The van der Waals surface area contributed by atoms with Crippen molar-refractivity contribution in [1.82, 2.24) is 4.90 Å². The fraction of sp³-hybridized carbons (Fsp3) is 0.364. The van der Waals surface area contributed by atoms with Crippen molar-refractivity contribution in [3.63, 3.8) is 0 Å². The largest absolute Gasteiger partial charge is 0.478 e. The molecule has 172 valence electrons. The maximum atomic E-state index is 12.8. The van der Waals surface area contributed by atoms with Gasteiger partial charge in [-0.25, -0.2) is 18.0 Å². The highest BCUT2D eigenvalue weighted by Crippen LogP contribution is 2.27. The van der Waals surface area contributed by atoms with E-state index in [9.17, 15) is 23.1 Å². The normalized spacial score (nSPS) is 14.2. The molecule has 1 fully saturated rings. The summed E-state index contributed by atoms with van der Waals surface area (Å²) in [7, 11) is -3.88. The molecule has 2 N–H and O–H groups in total. The van der Waals surface area contributed by atoms with Crippen molar-refractivity contribution in [1.29, 1.82) is 0 Å². The molecular weight excluding hydrogens is 434 g/mol. The number of sulfonamides is 1. The predicted octanol–water partition coefficient (Wildman–Crippen LogP) is 3.08. The van der Waals surface area contributed by atoms with E-state index < -0.39 is 16.0 Å². The van der Waals surface area contributed by atoms with Crippen LogP contribution >= 0.6 is 0 Å². The van der Waals surface area contributed by atoms with Gasteiger partial charge < -0.3 is 19.6 Å². The van der Waals surface area contributed by atoms with Gasteiger partial charge in [0, 0.05) is 31.9 Å². The number of rotatable bonds is 6. The highest BCUT2D eigenvalue weighted by molar-refractivity contribution is 7.92. The van der Waals surface area contributed by atoms with E-state index in [1.807, 2.05) is 24.8 Å². The highest BCUT2D eigenvalue weighted by atomic mass is 32.2. The quantitative estimate of drug-likeness (QED) is 0.679. The fourth-order valence-corrected chi connectivity index (χ4v) is 4.93. The van der Waals surface area contributed by atoms with E-state index in [1.54, 1.807) is 36.1 Å². The second kappa shape index (κ2) is 9.47. The van der Waals surface area contributed by atoms with Crippen molar-refractivity contribution in [3.8, 4) is 0 Å². The van der Waals surface area contributed by atoms with Crippen molar-refractivity contribution >= 4 is 33.5 Å². The molecule has 1 heterocycles. The van der Waals surface area contributed by atoms with Crippen LogP contribution < -0.4 is 9.62 Å². The summed E-state index contributed by atoms with van der Waals surface area (Å²) in [6.45, 7) is 7.33. The van der Waals surface area contributed by atoms with Gasteiger partial charge >= 0.3 is 12.1 Å². The summed E-state index contributed by atoms with van der Waals surface area (Å²) in [4.78, 5) is 27.3. The van der Waals surface area contributed by atoms with Crippen LogP contribution in [0.1, 0.15) is 28.4 Å². The highest BCUT2D eigenvalue weighted by Gasteiger charge is 2.25. The van der Waals surface area contributed by atoms with E-state index >= 15 is 0 Å². The number of amides is 1. The first-order chi connectivity index (χ1) is 15.1. The molecule has 9 nitrogen and oxygen atoms in total. The average molecular weight is 462 g/mol. The SMILES string of the molecule is CCOC(=O)N1CCN(c2ccc(NS(=O)(=O)c3cc(C)cc(C)c3)cc2C(=O)O)CC1. The van der Waals surface area contributed by atoms with Crippen molar-refractivity contribution in [3.05, 3.63) is 53.1 Å². The Morgan fingerprint density at radius 3 is 2.22 bits per heavy atom. The second-order valence-electron chi connectivity index (χ2n) is 7.64. The number of hydrogen-bond acceptors (Lipinski definition) is 6. The lowest BCUT2D eigenvalue weighted by atomic mass is 10.1. The Hall–Kier alpha value is -3.27. The van der Waals surface area contributed by atoms with Gasteiger partial charge in [0.25, 0.3) is 10.0 Å². The first-order valence-corrected chi connectivity index (χ1v) is 11.7. The standard InChI is InChI=1S/C22H27N3O6S/c1-4-31-22(28)25-9-7-24(8-10-25)20-6-5-17(14-19(20)21(26)27)23-32(29,30)18-12-15(2)11-16(3)13-18/h5-6,11-14,23H,4,7-10H2,1-3H3,(H,26,27). The molecule has 32 heavy (non-hydrogen) atoms. The minimum Gasteiger partial charge on any atom is -0.478 e. The van der Waals surface area contributed by atoms with E-state index in [4.69, 9.17) is 4.74 Å². The molecule has 1 saturated heterocycles. The first kappa shape index (κ1) is 23.4. The topological polar surface area (TPSA) is 116 Å². The minimum atomic E-state index is -3.88. The summed E-state index contributed by atoms with van der Waals surface area (Å²) in [6.07, 6.45) is -0.387. The third kappa shape index (κ3) is 5.31. The number of carbonyl (C=O) groups is 2. The maximum absolute atomic E-state index is 12.8. The van der Waals surface area contributed by atoms with Crippen LogP contribution in [0.4, 0.5) is 16.2 Å². The molecule has 0 atom stereocenters. The number of hydrogen-bond donors (Lipinski definition) is 2. The Bertz CT molecular complexity index is 1100. The van der Waals surface area contributed by atoms with E-state index in [0.29, 0.717) is 38.5 Å². The van der Waals surface area contributed by atoms with E-state index in [1.165, 1.54) is 6.07 Å². The van der Waals surface area contributed by atoms with Crippen LogP contribution in [0.15, 0.2) is 41.3 Å². The number of aromatic carboxylic acids is 1. The van der Waals surface area contributed by atoms with Crippen LogP contribution in [0.3, 0.4) is 0 Å². The zero-order valence-corrected chi connectivity index (χ0v) is 19.1. The number of piperazine rings is 1. The molecule has 2 aromatic rings. The predicted molar refractivity (Wildman–Crippen MR) is 121 cm³/mol. The van der Waals surface area contributed by atoms with Gasteiger partial charge in [-0.3, -0.25) is 4.72 Å². The molecule has 1 aliphatic rings. The zero-order valence-electron chi connectivity index (χ0n) is 18.3. The van der Waals surface area contributed by atoms with Crippen LogP contribution in [-0.2, 0) is 14.8 Å². The molecule has 2 aromatic carbocycles. The fourth-order valence-electron chi connectivity index (χ4n) is 3.69. The van der Waals surface area contributed by atoms with Crippen LogP contribution in [-0.4, -0.2) is 63.3 Å². The van der Waals surface area contributed by atoms with E-state index in [-0.39, 0.29) is 22.2 Å². The van der Waals surface area contributed by atoms with Gasteiger partial charge in [0.2, 0.25) is 0 Å². The molecule has 0 unspecified atom stereocenters. The van der Waals surface area contributed by atoms with Gasteiger partial charge in [-0.2, -0.15) is 0 Å². The lowest BCUT2D eigenvalue weighted by molar-refractivity contribution is 0.0696. The lowest BCUT2D eigenvalue weighted by Gasteiger charge is -2.36. The molecule has 0 bridgehead atoms. The van der Waals surface area contributed by atoms with Crippen LogP contribution in [0, 0.1) is 13.8 Å². The van der Waals surface area contributed by atoms with Gasteiger partial charge in [0.1, 0.15) is 0 Å². The molecule has 0 aromatic heterocycles. The maximum Gasteiger partial charge on any atom is 0.409 e. The molecule has 0 radical (unpaired) electrons. The number of benzene rings is 2. The van der Waals surface area contributed by atoms with Gasteiger partial charge in [0.05, 0.1) is 22.8 Å². The number of carbonyl (C=O) groups excluding carboxylic acids is 1. The first-order valence-electron chi connectivity index (χ1n) is 10.3. The van der Waals surface area contributed by atoms with Crippen LogP contribution in [0.5, 0.6) is 0 Å². The monoisotopic (exact) mass is 461 g/mol. The summed E-state index contributed by atoms with van der Waals surface area (Å²) in [6, 6.07) is 9.44. The third-order valence-corrected chi connectivity index (χ3v) is 6.49. The molecule has 0 spiro atoms. The summed E-state index contributed by atoms with van der Waals surface area (Å²) >= 11 is 0. The molecule has 1 amide bonds. The van der Waals surface area contributed by atoms with Gasteiger partial charge in [-0.15, -0.1) is 0 Å². The smallest absolute Gasteiger partial charge is 0.409 e. The van der Waals surface area contributed by atoms with Crippen molar-refractivity contribution in [2.75, 3.05) is 42.4 Å². The Labute approximate surface area is 187 Å². The van der Waals surface area contributed by atoms with Crippen molar-refractivity contribution < 1.29 is 27.9 Å². The van der Waals surface area contributed by atoms with Crippen molar-refractivity contribution in [2.45, 2.75) is 25.7 Å². The minimum absolute atomic E-state index is 0.0183. The summed E-state index contributed by atoms with van der Waals surface area (Å²) in [5.74, 6) is -1.17. The number of nitrogens with zero attached hydrogens (tertiary/aromatic N) is 2. The van der Waals surface area contributed by atoms with Gasteiger partial charge in [-0.1, -0.05) is 6.07 Å². The second-order valence-corrected chi connectivity index (χ2v) is 9.32. The molecule has 1 aliphatic heterocycles. The molecular formula is C22H27N3O6S. The zero-order chi connectivity index (χ0) is 23.5. The summed E-state index contributed by atoms with van der Waals surface area (Å²) < 4.78 is 33.1. The third-order valence-electron chi connectivity index (χ3n) is 5.13. The van der Waals surface area contributed by atoms with E-state index in [2.05, 4.69) is 4.72 Å². The number of anilines is 2. The molecule has 0 aliphatic carbocycles.